The molecule has 0 fully saturated rings. The Morgan fingerprint density at radius 3 is 2.32 bits per heavy atom. The van der Waals surface area contributed by atoms with E-state index in [1.165, 1.54) is 17.5 Å². The normalized spacial score (nSPS) is 11.3. The lowest BCUT2D eigenvalue weighted by Gasteiger charge is -2.02. The number of nitrogens with one attached hydrogen (secondary N) is 1. The number of aromatic amines is 1. The third-order valence-electron chi connectivity index (χ3n) is 2.74. The summed E-state index contributed by atoms with van der Waals surface area (Å²) in [6, 6.07) is 7.51. The second-order valence-electron chi connectivity index (χ2n) is 4.31. The Balaban J connectivity index is 0.000000200. The Kier molecular flexibility index (Phi) is 5.75. The summed E-state index contributed by atoms with van der Waals surface area (Å²) in [5, 5.41) is 8.42. The summed E-state index contributed by atoms with van der Waals surface area (Å²) in [6.45, 7) is 4.24. The minimum Gasteiger partial charge on any atom is -0.480 e. The number of aromatic nitrogens is 2. The fourth-order valence-electron chi connectivity index (χ4n) is 1.38. The quantitative estimate of drug-likeness (QED) is 0.783. The molecular weight excluding hydrogens is 242 g/mol. The lowest BCUT2D eigenvalue weighted by molar-refractivity contribution is -0.138. The molecule has 5 nitrogen and oxygen atoms in total. The van der Waals surface area contributed by atoms with E-state index in [4.69, 9.17) is 10.8 Å². The maximum atomic E-state index is 10.3. The van der Waals surface area contributed by atoms with Gasteiger partial charge < -0.3 is 15.8 Å². The van der Waals surface area contributed by atoms with Crippen LogP contribution in [0.25, 0.3) is 0 Å². The lowest BCUT2D eigenvalue weighted by atomic mass is 10.1. The van der Waals surface area contributed by atoms with E-state index in [1.807, 2.05) is 0 Å². The smallest absolute Gasteiger partial charge is 0.320 e. The maximum absolute atomic E-state index is 10.3. The first-order valence-electron chi connectivity index (χ1n) is 5.98. The molecule has 2 aromatic rings. The number of nitrogens with two attached hydrogens (primary N) is 1. The van der Waals surface area contributed by atoms with Gasteiger partial charge in [0.05, 0.1) is 6.33 Å². The van der Waals surface area contributed by atoms with Crippen molar-refractivity contribution in [2.45, 2.75) is 26.3 Å². The molecule has 0 aliphatic carbocycles. The summed E-state index contributed by atoms with van der Waals surface area (Å²) < 4.78 is 0. The van der Waals surface area contributed by atoms with Gasteiger partial charge in [0, 0.05) is 18.3 Å². The van der Waals surface area contributed by atoms with Crippen molar-refractivity contribution in [3.05, 3.63) is 53.6 Å². The molecule has 0 amide bonds. The van der Waals surface area contributed by atoms with Crippen molar-refractivity contribution in [3.63, 3.8) is 0 Å². The molecule has 1 aromatic heterocycles. The molecule has 1 heterocycles. The van der Waals surface area contributed by atoms with E-state index in [9.17, 15) is 4.79 Å². The maximum Gasteiger partial charge on any atom is 0.320 e. The number of aliphatic carboxylic acids is 1. The first-order chi connectivity index (χ1) is 9.00. The van der Waals surface area contributed by atoms with Crippen LogP contribution in [0.5, 0.6) is 0 Å². The molecule has 0 saturated heterocycles. The van der Waals surface area contributed by atoms with E-state index >= 15 is 0 Å². The van der Waals surface area contributed by atoms with Crippen LogP contribution in [0.1, 0.15) is 16.8 Å². The Labute approximate surface area is 112 Å². The molecule has 5 heteroatoms. The van der Waals surface area contributed by atoms with E-state index in [-0.39, 0.29) is 6.42 Å². The third-order valence-corrected chi connectivity index (χ3v) is 2.74. The summed E-state index contributed by atoms with van der Waals surface area (Å²) in [7, 11) is 0. The van der Waals surface area contributed by atoms with Gasteiger partial charge in [0.25, 0.3) is 0 Å². The van der Waals surface area contributed by atoms with Crippen LogP contribution in [-0.4, -0.2) is 27.1 Å². The first kappa shape index (κ1) is 14.9. The van der Waals surface area contributed by atoms with Gasteiger partial charge >= 0.3 is 5.97 Å². The average molecular weight is 261 g/mol. The Hall–Kier alpha value is -2.14. The summed E-state index contributed by atoms with van der Waals surface area (Å²) in [5.41, 5.74) is 8.73. The number of carboxylic acids is 1. The molecular formula is C14H19N3O2. The molecule has 1 atom stereocenters. The third kappa shape index (κ3) is 5.35. The number of hydrogen-bond donors (Lipinski definition) is 3. The fraction of sp³-hybridized carbons (Fsp3) is 0.286. The second-order valence-corrected chi connectivity index (χ2v) is 4.31. The number of H-pyrrole nitrogens is 1. The lowest BCUT2D eigenvalue weighted by Crippen LogP contribution is -2.32. The first-order valence-corrected chi connectivity index (χ1v) is 5.98. The molecule has 0 unspecified atom stereocenters. The number of aryl methyl sites for hydroxylation is 2. The van der Waals surface area contributed by atoms with Crippen molar-refractivity contribution in [1.29, 1.82) is 0 Å². The summed E-state index contributed by atoms with van der Waals surface area (Å²) >= 11 is 0. The molecule has 0 spiro atoms. The Bertz CT molecular complexity index is 488. The second kappa shape index (κ2) is 7.33. The van der Waals surface area contributed by atoms with E-state index in [1.54, 1.807) is 6.20 Å². The number of benzene rings is 1. The Morgan fingerprint density at radius 2 is 1.95 bits per heavy atom. The van der Waals surface area contributed by atoms with Gasteiger partial charge in [0.2, 0.25) is 0 Å². The van der Waals surface area contributed by atoms with Gasteiger partial charge in [-0.25, -0.2) is 4.98 Å². The summed E-state index contributed by atoms with van der Waals surface area (Å²) in [6.07, 6.45) is 3.34. The van der Waals surface area contributed by atoms with Gasteiger partial charge in [-0.2, -0.15) is 0 Å². The molecule has 0 aliphatic rings. The van der Waals surface area contributed by atoms with Gasteiger partial charge in [0.1, 0.15) is 6.04 Å². The van der Waals surface area contributed by atoms with Gasteiger partial charge in [-0.15, -0.1) is 0 Å². The number of carbonyl (C=O) groups is 1. The minimum absolute atomic E-state index is 0.287. The number of nitrogens with zero attached hydrogens (tertiary/aromatic N) is 1. The van der Waals surface area contributed by atoms with Crippen molar-refractivity contribution in [2.24, 2.45) is 5.73 Å². The largest absolute Gasteiger partial charge is 0.480 e. The average Bonchev–Trinajstić information content (AvgIpc) is 2.86. The van der Waals surface area contributed by atoms with Crippen LogP contribution in [0, 0.1) is 13.8 Å². The van der Waals surface area contributed by atoms with Crippen molar-refractivity contribution in [2.75, 3.05) is 0 Å². The molecule has 2 rings (SSSR count). The van der Waals surface area contributed by atoms with Crippen molar-refractivity contribution >= 4 is 5.97 Å². The van der Waals surface area contributed by atoms with E-state index < -0.39 is 12.0 Å². The van der Waals surface area contributed by atoms with Crippen LogP contribution in [0.2, 0.25) is 0 Å². The SMILES string of the molecule is Cc1ccccc1C.N[C@@H](Cc1cnc[nH]1)C(=O)O. The number of hydrogen-bond acceptors (Lipinski definition) is 3. The summed E-state index contributed by atoms with van der Waals surface area (Å²) in [5.74, 6) is -1.00. The van der Waals surface area contributed by atoms with Crippen LogP contribution in [-0.2, 0) is 11.2 Å². The van der Waals surface area contributed by atoms with Crippen LogP contribution in [0.15, 0.2) is 36.8 Å². The van der Waals surface area contributed by atoms with Crippen LogP contribution >= 0.6 is 0 Å². The monoisotopic (exact) mass is 261 g/mol. The predicted octanol–water partition coefficient (Wildman–Crippen LogP) is 1.67. The molecule has 19 heavy (non-hydrogen) atoms. The number of carboxylic acid groups (broad SMARTS) is 1. The molecule has 102 valence electrons. The van der Waals surface area contributed by atoms with Gasteiger partial charge in [-0.1, -0.05) is 24.3 Å². The highest BCUT2D eigenvalue weighted by atomic mass is 16.4. The van der Waals surface area contributed by atoms with Crippen molar-refractivity contribution in [3.8, 4) is 0 Å². The molecule has 0 radical (unpaired) electrons. The van der Waals surface area contributed by atoms with Crippen molar-refractivity contribution < 1.29 is 9.90 Å². The molecule has 1 aromatic carbocycles. The minimum atomic E-state index is -1.00. The molecule has 0 saturated carbocycles. The highest BCUT2D eigenvalue weighted by Gasteiger charge is 2.11. The predicted molar refractivity (Wildman–Crippen MR) is 73.8 cm³/mol. The zero-order valence-electron chi connectivity index (χ0n) is 11.1. The van der Waals surface area contributed by atoms with E-state index in [0.29, 0.717) is 0 Å². The van der Waals surface area contributed by atoms with Crippen LogP contribution < -0.4 is 5.73 Å². The zero-order chi connectivity index (χ0) is 14.3. The molecule has 0 bridgehead atoms. The van der Waals surface area contributed by atoms with Gasteiger partial charge in [-0.3, -0.25) is 4.79 Å². The van der Waals surface area contributed by atoms with Crippen LogP contribution in [0.4, 0.5) is 0 Å². The van der Waals surface area contributed by atoms with E-state index in [0.717, 1.165) is 5.69 Å². The van der Waals surface area contributed by atoms with Crippen molar-refractivity contribution in [1.82, 2.24) is 9.97 Å². The zero-order valence-corrected chi connectivity index (χ0v) is 11.1. The number of rotatable bonds is 3. The standard InChI is InChI=1S/C8H10.C6H9N3O2/c1-7-5-3-4-6-8(7)2;7-5(6(10)11)1-4-2-8-3-9-4/h3-6H,1-2H3;2-3,5H,1,7H2,(H,8,9)(H,10,11)/t;5-/m.0/s1. The van der Waals surface area contributed by atoms with Gasteiger partial charge in [0.15, 0.2) is 0 Å². The Morgan fingerprint density at radius 1 is 1.37 bits per heavy atom. The fourth-order valence-corrected chi connectivity index (χ4v) is 1.38. The number of imidazole rings is 1. The van der Waals surface area contributed by atoms with E-state index in [2.05, 4.69) is 48.1 Å². The topological polar surface area (TPSA) is 92.0 Å². The summed E-state index contributed by atoms with van der Waals surface area (Å²) in [4.78, 5) is 16.8. The molecule has 0 aliphatic heterocycles. The highest BCUT2D eigenvalue weighted by Crippen LogP contribution is 2.02. The highest BCUT2D eigenvalue weighted by molar-refractivity contribution is 5.73. The van der Waals surface area contributed by atoms with Gasteiger partial charge in [-0.05, 0) is 25.0 Å². The van der Waals surface area contributed by atoms with Crippen LogP contribution in [0.3, 0.4) is 0 Å². The molecule has 4 N–H and O–H groups in total.